The van der Waals surface area contributed by atoms with Gasteiger partial charge in [0.1, 0.15) is 0 Å². The molecule has 3 rings (SSSR count). The van der Waals surface area contributed by atoms with E-state index in [1.54, 1.807) is 0 Å². The molecule has 0 aromatic heterocycles. The van der Waals surface area contributed by atoms with Crippen LogP contribution in [0.1, 0.15) is 52.4 Å². The molecule has 0 amide bonds. The van der Waals surface area contributed by atoms with Crippen LogP contribution < -0.4 is 0 Å². The van der Waals surface area contributed by atoms with Crippen molar-refractivity contribution in [2.45, 2.75) is 32.6 Å². The molecule has 0 N–H and O–H groups in total. The minimum absolute atomic E-state index is 0.190. The molecule has 0 atom stereocenters. The van der Waals surface area contributed by atoms with Crippen molar-refractivity contribution < 1.29 is 4.79 Å². The predicted molar refractivity (Wildman–Crippen MR) is 77.7 cm³/mol. The minimum atomic E-state index is 0.190. The predicted octanol–water partition coefficient (Wildman–Crippen LogP) is 4.16. The second-order valence-corrected chi connectivity index (χ2v) is 5.26. The summed E-state index contributed by atoms with van der Waals surface area (Å²) in [4.78, 5) is 12.5. The summed E-state index contributed by atoms with van der Waals surface area (Å²) in [5.74, 6) is 0.190. The van der Waals surface area contributed by atoms with E-state index >= 15 is 0 Å². The minimum Gasteiger partial charge on any atom is -0.289 e. The van der Waals surface area contributed by atoms with Gasteiger partial charge in [0.2, 0.25) is 0 Å². The summed E-state index contributed by atoms with van der Waals surface area (Å²) in [6.45, 7) is 2.19. The third-order valence-corrected chi connectivity index (χ3v) is 3.88. The number of fused-ring (bicyclic) bond motifs is 2. The fraction of sp³-hybridized carbons (Fsp3) is 0.278. The number of benzene rings is 2. The van der Waals surface area contributed by atoms with Gasteiger partial charge in [0.15, 0.2) is 5.78 Å². The largest absolute Gasteiger partial charge is 0.289 e. The van der Waals surface area contributed by atoms with Crippen molar-refractivity contribution in [3.8, 4) is 0 Å². The van der Waals surface area contributed by atoms with Gasteiger partial charge in [-0.15, -0.1) is 0 Å². The highest BCUT2D eigenvalue weighted by molar-refractivity contribution is 6.12. The molecule has 0 heterocycles. The van der Waals surface area contributed by atoms with E-state index in [0.29, 0.717) is 0 Å². The molecule has 0 saturated heterocycles. The molecule has 0 bridgehead atoms. The Morgan fingerprint density at radius 1 is 1.00 bits per heavy atom. The SMILES string of the molecule is CCCCc1ccc2c(c1)C(=O)c1ccccc1C2. The molecular formula is C18H18O. The monoisotopic (exact) mass is 250 g/mol. The average molecular weight is 250 g/mol. The Labute approximate surface area is 114 Å². The summed E-state index contributed by atoms with van der Waals surface area (Å²) in [7, 11) is 0. The zero-order chi connectivity index (χ0) is 13.2. The third-order valence-electron chi connectivity index (χ3n) is 3.88. The Hall–Kier alpha value is -1.89. The first-order valence-electron chi connectivity index (χ1n) is 7.04. The number of carbonyl (C=O) groups is 1. The molecule has 0 spiro atoms. The van der Waals surface area contributed by atoms with Crippen LogP contribution in [0.25, 0.3) is 0 Å². The molecule has 0 unspecified atom stereocenters. The van der Waals surface area contributed by atoms with Crippen LogP contribution in [0.3, 0.4) is 0 Å². The molecule has 0 saturated carbocycles. The van der Waals surface area contributed by atoms with Crippen molar-refractivity contribution >= 4 is 5.78 Å². The maximum Gasteiger partial charge on any atom is 0.193 e. The van der Waals surface area contributed by atoms with Gasteiger partial charge in [-0.25, -0.2) is 0 Å². The lowest BCUT2D eigenvalue weighted by molar-refractivity contribution is 0.103. The number of carbonyl (C=O) groups excluding carboxylic acids is 1. The van der Waals surface area contributed by atoms with Crippen LogP contribution in [0.2, 0.25) is 0 Å². The molecule has 0 aliphatic heterocycles. The van der Waals surface area contributed by atoms with Gasteiger partial charge in [0.25, 0.3) is 0 Å². The lowest BCUT2D eigenvalue weighted by Gasteiger charge is -2.19. The van der Waals surface area contributed by atoms with Crippen LogP contribution in [0.4, 0.5) is 0 Å². The number of hydrogen-bond acceptors (Lipinski definition) is 1. The van der Waals surface area contributed by atoms with Crippen molar-refractivity contribution in [2.24, 2.45) is 0 Å². The van der Waals surface area contributed by atoms with E-state index in [9.17, 15) is 4.79 Å². The van der Waals surface area contributed by atoms with E-state index in [0.717, 1.165) is 29.5 Å². The summed E-state index contributed by atoms with van der Waals surface area (Å²) in [6, 6.07) is 14.4. The number of unbranched alkanes of at least 4 members (excludes halogenated alkanes) is 1. The fourth-order valence-electron chi connectivity index (χ4n) is 2.77. The molecule has 1 aliphatic carbocycles. The molecule has 1 nitrogen and oxygen atoms in total. The van der Waals surface area contributed by atoms with Crippen molar-refractivity contribution in [3.63, 3.8) is 0 Å². The topological polar surface area (TPSA) is 17.1 Å². The van der Waals surface area contributed by atoms with Gasteiger partial charge >= 0.3 is 0 Å². The van der Waals surface area contributed by atoms with E-state index in [4.69, 9.17) is 0 Å². The number of hydrogen-bond donors (Lipinski definition) is 0. The summed E-state index contributed by atoms with van der Waals surface area (Å²) in [5, 5.41) is 0. The Balaban J connectivity index is 1.99. The summed E-state index contributed by atoms with van der Waals surface area (Å²) in [5.41, 5.74) is 5.40. The smallest absolute Gasteiger partial charge is 0.193 e. The second-order valence-electron chi connectivity index (χ2n) is 5.26. The van der Waals surface area contributed by atoms with Crippen LogP contribution in [0.15, 0.2) is 42.5 Å². The fourth-order valence-corrected chi connectivity index (χ4v) is 2.77. The highest BCUT2D eigenvalue weighted by atomic mass is 16.1. The van der Waals surface area contributed by atoms with Crippen molar-refractivity contribution in [2.75, 3.05) is 0 Å². The van der Waals surface area contributed by atoms with E-state index < -0.39 is 0 Å². The van der Waals surface area contributed by atoms with E-state index in [1.807, 2.05) is 18.2 Å². The van der Waals surface area contributed by atoms with Crippen LogP contribution in [-0.4, -0.2) is 5.78 Å². The number of rotatable bonds is 3. The first-order chi connectivity index (χ1) is 9.29. The van der Waals surface area contributed by atoms with Gasteiger partial charge in [0.05, 0.1) is 0 Å². The van der Waals surface area contributed by atoms with Gasteiger partial charge < -0.3 is 0 Å². The molecule has 0 fully saturated rings. The molecule has 96 valence electrons. The average Bonchev–Trinajstić information content (AvgIpc) is 2.46. The van der Waals surface area contributed by atoms with Crippen LogP contribution in [-0.2, 0) is 12.8 Å². The zero-order valence-corrected chi connectivity index (χ0v) is 11.3. The molecule has 19 heavy (non-hydrogen) atoms. The molecular weight excluding hydrogens is 232 g/mol. The highest BCUT2D eigenvalue weighted by Crippen LogP contribution is 2.28. The molecule has 2 aromatic rings. The van der Waals surface area contributed by atoms with Gasteiger partial charge in [-0.2, -0.15) is 0 Å². The summed E-state index contributed by atoms with van der Waals surface area (Å²) >= 11 is 0. The standard InChI is InChI=1S/C18H18O/c1-2-3-6-13-9-10-15-12-14-7-4-5-8-16(14)18(19)17(15)11-13/h4-5,7-11H,2-3,6,12H2,1H3. The molecule has 1 heteroatoms. The van der Waals surface area contributed by atoms with Gasteiger partial charge in [0, 0.05) is 11.1 Å². The quantitative estimate of drug-likeness (QED) is 0.682. The Kier molecular flexibility index (Phi) is 3.20. The maximum atomic E-state index is 12.5. The van der Waals surface area contributed by atoms with Crippen LogP contribution in [0.5, 0.6) is 0 Å². The van der Waals surface area contributed by atoms with Crippen molar-refractivity contribution in [3.05, 3.63) is 70.3 Å². The second kappa shape index (κ2) is 5.00. The Morgan fingerprint density at radius 2 is 1.79 bits per heavy atom. The van der Waals surface area contributed by atoms with Gasteiger partial charge in [-0.05, 0) is 42.0 Å². The summed E-state index contributed by atoms with van der Waals surface area (Å²) < 4.78 is 0. The Morgan fingerprint density at radius 3 is 2.63 bits per heavy atom. The summed E-state index contributed by atoms with van der Waals surface area (Å²) in [6.07, 6.45) is 4.32. The van der Waals surface area contributed by atoms with Crippen LogP contribution >= 0.6 is 0 Å². The number of aryl methyl sites for hydroxylation is 1. The molecule has 0 radical (unpaired) electrons. The third kappa shape index (κ3) is 2.21. The zero-order valence-electron chi connectivity index (χ0n) is 11.3. The Bertz CT molecular complexity index is 625. The molecule has 1 aliphatic rings. The lowest BCUT2D eigenvalue weighted by Crippen LogP contribution is -2.15. The van der Waals surface area contributed by atoms with Gasteiger partial charge in [-0.1, -0.05) is 49.7 Å². The van der Waals surface area contributed by atoms with E-state index in [2.05, 4.69) is 31.2 Å². The highest BCUT2D eigenvalue weighted by Gasteiger charge is 2.22. The number of ketones is 1. The first-order valence-corrected chi connectivity index (χ1v) is 7.04. The van der Waals surface area contributed by atoms with Gasteiger partial charge in [-0.3, -0.25) is 4.79 Å². The maximum absolute atomic E-state index is 12.5. The van der Waals surface area contributed by atoms with Crippen molar-refractivity contribution in [1.29, 1.82) is 0 Å². The molecule has 2 aromatic carbocycles. The van der Waals surface area contributed by atoms with Crippen molar-refractivity contribution in [1.82, 2.24) is 0 Å². The first kappa shape index (κ1) is 12.2. The normalized spacial score (nSPS) is 13.0. The lowest BCUT2D eigenvalue weighted by atomic mass is 9.84. The van der Waals surface area contributed by atoms with Crippen LogP contribution in [0, 0.1) is 0 Å². The van der Waals surface area contributed by atoms with E-state index in [-0.39, 0.29) is 5.78 Å². The van der Waals surface area contributed by atoms with E-state index in [1.165, 1.54) is 24.0 Å².